The lowest BCUT2D eigenvalue weighted by molar-refractivity contribution is 0.214. The third-order valence-corrected chi connectivity index (χ3v) is 5.26. The molecule has 0 aliphatic rings. The van der Waals surface area contributed by atoms with Gasteiger partial charge in [-0.15, -0.1) is 0 Å². The second kappa shape index (κ2) is 10.9. The first-order chi connectivity index (χ1) is 13.0. The fourth-order valence-corrected chi connectivity index (χ4v) is 4.19. The third-order valence-electron chi connectivity index (χ3n) is 3.69. The molecule has 0 spiro atoms. The highest BCUT2D eigenvalue weighted by molar-refractivity contribution is 9.11. The molecule has 3 aromatic carbocycles. The summed E-state index contributed by atoms with van der Waals surface area (Å²) in [6.07, 6.45) is -0.713. The van der Waals surface area contributed by atoms with Crippen LogP contribution in [0, 0.1) is 0 Å². The highest BCUT2D eigenvalue weighted by Gasteiger charge is 2.15. The molecular formula is C21H19Br3O3. The van der Waals surface area contributed by atoms with Crippen molar-refractivity contribution in [2.75, 3.05) is 14.2 Å². The molecule has 6 heteroatoms. The average molecular weight is 559 g/mol. The van der Waals surface area contributed by atoms with E-state index in [0.29, 0.717) is 5.75 Å². The number of rotatable bonds is 4. The minimum atomic E-state index is -0.713. The number of hydrogen-bond donors (Lipinski definition) is 1. The zero-order valence-corrected chi connectivity index (χ0v) is 19.6. The summed E-state index contributed by atoms with van der Waals surface area (Å²) >= 11 is 10.2. The quantitative estimate of drug-likeness (QED) is 0.384. The number of para-hydroxylation sites is 2. The first kappa shape index (κ1) is 22.0. The molecule has 0 radical (unpaired) electrons. The van der Waals surface area contributed by atoms with Crippen LogP contribution in [0.5, 0.6) is 11.5 Å². The maximum atomic E-state index is 10.4. The maximum absolute atomic E-state index is 10.4. The summed E-state index contributed by atoms with van der Waals surface area (Å²) in [7, 11) is 3.25. The molecule has 142 valence electrons. The number of benzene rings is 3. The van der Waals surface area contributed by atoms with Crippen LogP contribution in [-0.4, -0.2) is 19.3 Å². The van der Waals surface area contributed by atoms with Gasteiger partial charge in [0.15, 0.2) is 0 Å². The van der Waals surface area contributed by atoms with Gasteiger partial charge >= 0.3 is 0 Å². The summed E-state index contributed by atoms with van der Waals surface area (Å²) in [5.74, 6) is 1.55. The van der Waals surface area contributed by atoms with Crippen molar-refractivity contribution in [1.82, 2.24) is 0 Å². The lowest BCUT2D eigenvalue weighted by atomic mass is 10.0. The highest BCUT2D eigenvalue weighted by Crippen LogP contribution is 2.32. The topological polar surface area (TPSA) is 38.7 Å². The molecule has 1 N–H and O–H groups in total. The lowest BCUT2D eigenvalue weighted by Gasteiger charge is -2.15. The van der Waals surface area contributed by atoms with Crippen LogP contribution < -0.4 is 9.47 Å². The smallest absolute Gasteiger partial charge is 0.133 e. The molecule has 0 saturated heterocycles. The Labute approximate surface area is 184 Å². The minimum absolute atomic E-state index is 0.682. The number of hydrogen-bond acceptors (Lipinski definition) is 3. The van der Waals surface area contributed by atoms with Crippen LogP contribution in [0.25, 0.3) is 0 Å². The highest BCUT2D eigenvalue weighted by atomic mass is 79.9. The van der Waals surface area contributed by atoms with Crippen molar-refractivity contribution in [1.29, 1.82) is 0 Å². The van der Waals surface area contributed by atoms with Crippen LogP contribution in [0.3, 0.4) is 0 Å². The van der Waals surface area contributed by atoms with Crippen LogP contribution in [0.1, 0.15) is 17.2 Å². The number of methoxy groups -OCH3 is 2. The van der Waals surface area contributed by atoms with Crippen molar-refractivity contribution in [3.8, 4) is 11.5 Å². The summed E-state index contributed by atoms with van der Waals surface area (Å²) in [4.78, 5) is 0. The predicted molar refractivity (Wildman–Crippen MR) is 120 cm³/mol. The molecule has 0 bridgehead atoms. The monoisotopic (exact) mass is 556 g/mol. The van der Waals surface area contributed by atoms with Gasteiger partial charge in [0.05, 0.1) is 18.7 Å². The van der Waals surface area contributed by atoms with Crippen molar-refractivity contribution < 1.29 is 14.6 Å². The van der Waals surface area contributed by atoms with E-state index in [9.17, 15) is 5.11 Å². The fraction of sp³-hybridized carbons (Fsp3) is 0.143. The third kappa shape index (κ3) is 6.35. The van der Waals surface area contributed by atoms with E-state index >= 15 is 0 Å². The number of aliphatic hydroxyl groups is 1. The molecular weight excluding hydrogens is 540 g/mol. The fourth-order valence-electron chi connectivity index (χ4n) is 2.42. The van der Waals surface area contributed by atoms with E-state index in [1.54, 1.807) is 14.2 Å². The molecule has 0 fully saturated rings. The van der Waals surface area contributed by atoms with E-state index < -0.39 is 6.10 Å². The molecule has 0 aliphatic carbocycles. The van der Waals surface area contributed by atoms with Crippen LogP contribution in [0.15, 0.2) is 80.1 Å². The summed E-state index contributed by atoms with van der Waals surface area (Å²) in [6.45, 7) is 0. The van der Waals surface area contributed by atoms with Crippen molar-refractivity contribution in [3.63, 3.8) is 0 Å². The van der Waals surface area contributed by atoms with Gasteiger partial charge in [0, 0.05) is 14.5 Å². The Balaban J connectivity index is 0.000000244. The van der Waals surface area contributed by atoms with Crippen molar-refractivity contribution in [2.24, 2.45) is 0 Å². The van der Waals surface area contributed by atoms with Crippen LogP contribution in [0.2, 0.25) is 0 Å². The summed E-state index contributed by atoms with van der Waals surface area (Å²) in [5.41, 5.74) is 1.56. The molecule has 3 aromatic rings. The van der Waals surface area contributed by atoms with Gasteiger partial charge in [0.2, 0.25) is 0 Å². The molecule has 1 atom stereocenters. The zero-order chi connectivity index (χ0) is 19.8. The van der Waals surface area contributed by atoms with E-state index in [1.807, 2.05) is 66.7 Å². The molecule has 1 unspecified atom stereocenters. The summed E-state index contributed by atoms with van der Waals surface area (Å²) < 4.78 is 13.1. The SMILES string of the molecule is COc1ccccc1Br.COc1ccccc1C(O)c1cc(Br)cc(Br)c1. The molecule has 3 nitrogen and oxygen atoms in total. The Morgan fingerprint density at radius 3 is 1.78 bits per heavy atom. The Morgan fingerprint density at radius 1 is 0.741 bits per heavy atom. The van der Waals surface area contributed by atoms with Gasteiger partial charge in [-0.1, -0.05) is 62.2 Å². The average Bonchev–Trinajstić information content (AvgIpc) is 2.67. The van der Waals surface area contributed by atoms with Gasteiger partial charge in [-0.25, -0.2) is 0 Å². The lowest BCUT2D eigenvalue weighted by Crippen LogP contribution is -2.02. The summed E-state index contributed by atoms with van der Waals surface area (Å²) in [6, 6.07) is 20.9. The van der Waals surface area contributed by atoms with E-state index in [1.165, 1.54) is 0 Å². The Morgan fingerprint density at radius 2 is 1.26 bits per heavy atom. The Bertz CT molecular complexity index is 864. The normalized spacial score (nSPS) is 11.2. The van der Waals surface area contributed by atoms with Gasteiger partial charge in [0.1, 0.15) is 17.6 Å². The van der Waals surface area contributed by atoms with Gasteiger partial charge < -0.3 is 14.6 Å². The number of ether oxygens (including phenoxy) is 2. The van der Waals surface area contributed by atoms with Crippen molar-refractivity contribution >= 4 is 47.8 Å². The van der Waals surface area contributed by atoms with Crippen molar-refractivity contribution in [2.45, 2.75) is 6.10 Å². The second-order valence-corrected chi connectivity index (χ2v) is 8.17. The van der Waals surface area contributed by atoms with Gasteiger partial charge in [-0.3, -0.25) is 0 Å². The molecule has 0 amide bonds. The first-order valence-electron chi connectivity index (χ1n) is 8.01. The Hall–Kier alpha value is -1.34. The molecule has 0 aliphatic heterocycles. The van der Waals surface area contributed by atoms with Gasteiger partial charge in [-0.05, 0) is 57.9 Å². The Kier molecular flexibility index (Phi) is 8.83. The first-order valence-corrected chi connectivity index (χ1v) is 10.4. The summed E-state index contributed by atoms with van der Waals surface area (Å²) in [5, 5.41) is 10.4. The molecule has 0 heterocycles. The van der Waals surface area contributed by atoms with Crippen LogP contribution in [-0.2, 0) is 0 Å². The maximum Gasteiger partial charge on any atom is 0.133 e. The zero-order valence-electron chi connectivity index (χ0n) is 14.8. The number of halogens is 3. The van der Waals surface area contributed by atoms with E-state index in [2.05, 4.69) is 47.8 Å². The second-order valence-electron chi connectivity index (χ2n) is 5.48. The molecule has 0 aromatic heterocycles. The van der Waals surface area contributed by atoms with Crippen molar-refractivity contribution in [3.05, 3.63) is 91.3 Å². The number of aliphatic hydroxyl groups excluding tert-OH is 1. The van der Waals surface area contributed by atoms with E-state index in [-0.39, 0.29) is 0 Å². The van der Waals surface area contributed by atoms with Gasteiger partial charge in [-0.2, -0.15) is 0 Å². The molecule has 0 saturated carbocycles. The van der Waals surface area contributed by atoms with Gasteiger partial charge in [0.25, 0.3) is 0 Å². The van der Waals surface area contributed by atoms with Crippen LogP contribution >= 0.6 is 47.8 Å². The minimum Gasteiger partial charge on any atom is -0.496 e. The van der Waals surface area contributed by atoms with Crippen LogP contribution in [0.4, 0.5) is 0 Å². The van der Waals surface area contributed by atoms with E-state index in [0.717, 1.165) is 30.3 Å². The van der Waals surface area contributed by atoms with E-state index in [4.69, 9.17) is 9.47 Å². The largest absolute Gasteiger partial charge is 0.496 e. The molecule has 3 rings (SSSR count). The predicted octanol–water partition coefficient (Wildman–Crippen LogP) is 6.76. The molecule has 27 heavy (non-hydrogen) atoms. The standard InChI is InChI=1S/C14H12Br2O2.C7H7BrO/c1-18-13-5-3-2-4-12(13)14(17)9-6-10(15)8-11(16)7-9;1-9-7-5-3-2-4-6(7)8/h2-8,14,17H,1H3;2-5H,1H3.